The molecule has 1 aromatic rings. The fourth-order valence-electron chi connectivity index (χ4n) is 1.94. The van der Waals surface area contributed by atoms with Gasteiger partial charge in [-0.05, 0) is 19.1 Å². The Hall–Kier alpha value is -2.00. The minimum atomic E-state index is -3.79. The summed E-state index contributed by atoms with van der Waals surface area (Å²) >= 11 is 0. The molecule has 0 atom stereocenters. The second-order valence-electron chi connectivity index (χ2n) is 4.78. The van der Waals surface area contributed by atoms with Gasteiger partial charge in [0.15, 0.2) is 5.75 Å². The van der Waals surface area contributed by atoms with E-state index in [9.17, 15) is 23.3 Å². The van der Waals surface area contributed by atoms with Crippen LogP contribution in [0.25, 0.3) is 0 Å². The number of carbonyl (C=O) groups excluding carboxylic acids is 1. The summed E-state index contributed by atoms with van der Waals surface area (Å²) in [5, 5.41) is 11.2. The number of Topliss-reactive ketones (excluding diaryl/α,β-unsaturated/α-hetero) is 1. The third-order valence-corrected chi connectivity index (χ3v) is 5.23. The van der Waals surface area contributed by atoms with Crippen molar-refractivity contribution in [3.63, 3.8) is 0 Å². The SMILES string of the molecule is CCN(CC)S(=O)(=O)c1ccc(OCCC(C)=O)c([N+](=O)[O-])c1. The Balaban J connectivity index is 3.18. The summed E-state index contributed by atoms with van der Waals surface area (Å²) in [6, 6.07) is 3.50. The summed E-state index contributed by atoms with van der Waals surface area (Å²) in [7, 11) is -3.79. The molecule has 0 amide bonds. The van der Waals surface area contributed by atoms with Crippen molar-refractivity contribution >= 4 is 21.5 Å². The number of sulfonamides is 1. The van der Waals surface area contributed by atoms with Crippen molar-refractivity contribution in [1.82, 2.24) is 4.31 Å². The molecule has 0 heterocycles. The van der Waals surface area contributed by atoms with Gasteiger partial charge in [-0.15, -0.1) is 0 Å². The third-order valence-electron chi connectivity index (χ3n) is 3.18. The zero-order valence-corrected chi connectivity index (χ0v) is 14.1. The number of carbonyl (C=O) groups is 1. The minimum Gasteiger partial charge on any atom is -0.486 e. The number of rotatable bonds is 9. The van der Waals surface area contributed by atoms with Crippen molar-refractivity contribution in [1.29, 1.82) is 0 Å². The highest BCUT2D eigenvalue weighted by atomic mass is 32.2. The minimum absolute atomic E-state index is 0.00167. The number of benzene rings is 1. The summed E-state index contributed by atoms with van der Waals surface area (Å²) in [5.74, 6) is -0.164. The lowest BCUT2D eigenvalue weighted by Crippen LogP contribution is -2.30. The Bertz CT molecular complexity index is 683. The Kier molecular flexibility index (Phi) is 6.64. The summed E-state index contributed by atoms with van der Waals surface area (Å²) < 4.78 is 31.2. The van der Waals surface area contributed by atoms with Crippen LogP contribution in [0, 0.1) is 10.1 Å². The molecule has 0 aromatic heterocycles. The highest BCUT2D eigenvalue weighted by molar-refractivity contribution is 7.89. The molecule has 0 spiro atoms. The lowest BCUT2D eigenvalue weighted by molar-refractivity contribution is -0.386. The third kappa shape index (κ3) is 4.73. The fourth-order valence-corrected chi connectivity index (χ4v) is 3.42. The van der Waals surface area contributed by atoms with Gasteiger partial charge in [0.2, 0.25) is 10.0 Å². The maximum atomic E-state index is 12.4. The van der Waals surface area contributed by atoms with Crippen molar-refractivity contribution in [2.24, 2.45) is 0 Å². The molecule has 128 valence electrons. The van der Waals surface area contributed by atoms with Crippen LogP contribution >= 0.6 is 0 Å². The topological polar surface area (TPSA) is 107 Å². The Morgan fingerprint density at radius 3 is 2.39 bits per heavy atom. The first kappa shape index (κ1) is 19.0. The molecule has 23 heavy (non-hydrogen) atoms. The number of nitro groups is 1. The van der Waals surface area contributed by atoms with E-state index in [-0.39, 0.29) is 42.5 Å². The first-order chi connectivity index (χ1) is 10.7. The number of hydrogen-bond donors (Lipinski definition) is 0. The molecule has 1 rings (SSSR count). The van der Waals surface area contributed by atoms with Crippen LogP contribution in [0.3, 0.4) is 0 Å². The van der Waals surface area contributed by atoms with Gasteiger partial charge in [-0.3, -0.25) is 14.9 Å². The van der Waals surface area contributed by atoms with E-state index in [1.165, 1.54) is 23.4 Å². The predicted molar refractivity (Wildman–Crippen MR) is 84.0 cm³/mol. The van der Waals surface area contributed by atoms with Crippen LogP contribution < -0.4 is 4.74 Å². The molecule has 0 fully saturated rings. The monoisotopic (exact) mass is 344 g/mol. The zero-order valence-electron chi connectivity index (χ0n) is 13.3. The summed E-state index contributed by atoms with van der Waals surface area (Å²) in [5.41, 5.74) is -0.443. The Labute approximate surface area is 135 Å². The largest absolute Gasteiger partial charge is 0.486 e. The number of nitro benzene ring substituents is 1. The van der Waals surface area contributed by atoms with Crippen LogP contribution in [0.5, 0.6) is 5.75 Å². The van der Waals surface area contributed by atoms with Gasteiger partial charge >= 0.3 is 5.69 Å². The molecule has 0 unspecified atom stereocenters. The second-order valence-corrected chi connectivity index (χ2v) is 6.71. The van der Waals surface area contributed by atoms with Gasteiger partial charge in [0.05, 0.1) is 16.4 Å². The van der Waals surface area contributed by atoms with E-state index in [1.807, 2.05) is 0 Å². The summed E-state index contributed by atoms with van der Waals surface area (Å²) in [4.78, 5) is 21.2. The van der Waals surface area contributed by atoms with Gasteiger partial charge in [-0.1, -0.05) is 13.8 Å². The van der Waals surface area contributed by atoms with Gasteiger partial charge in [-0.2, -0.15) is 4.31 Å². The van der Waals surface area contributed by atoms with Crippen LogP contribution in [0.1, 0.15) is 27.2 Å². The second kappa shape index (κ2) is 8.02. The summed E-state index contributed by atoms with van der Waals surface area (Å²) in [6.07, 6.45) is 0.122. The lowest BCUT2D eigenvalue weighted by Gasteiger charge is -2.18. The highest BCUT2D eigenvalue weighted by Gasteiger charge is 2.26. The number of nitrogens with zero attached hydrogens (tertiary/aromatic N) is 2. The van der Waals surface area contributed by atoms with E-state index < -0.39 is 20.6 Å². The maximum absolute atomic E-state index is 12.4. The van der Waals surface area contributed by atoms with Gasteiger partial charge in [0.25, 0.3) is 0 Å². The van der Waals surface area contributed by atoms with Gasteiger partial charge < -0.3 is 4.74 Å². The molecule has 9 heteroatoms. The number of hydrogen-bond acceptors (Lipinski definition) is 6. The van der Waals surface area contributed by atoms with Crippen LogP contribution in [0.15, 0.2) is 23.1 Å². The number of ketones is 1. The fraction of sp³-hybridized carbons (Fsp3) is 0.500. The van der Waals surface area contributed by atoms with Gasteiger partial charge in [0.1, 0.15) is 5.78 Å². The van der Waals surface area contributed by atoms with Crippen LogP contribution in [0.4, 0.5) is 5.69 Å². The van der Waals surface area contributed by atoms with Crippen molar-refractivity contribution in [2.75, 3.05) is 19.7 Å². The van der Waals surface area contributed by atoms with Crippen LogP contribution in [0.2, 0.25) is 0 Å². The van der Waals surface area contributed by atoms with E-state index in [1.54, 1.807) is 13.8 Å². The standard InChI is InChI=1S/C14H20N2O6S/c1-4-15(5-2)23(20,21)12-6-7-14(13(10-12)16(18)19)22-9-8-11(3)17/h6-7,10H,4-5,8-9H2,1-3H3. The van der Waals surface area contributed by atoms with Gasteiger partial charge in [-0.25, -0.2) is 8.42 Å². The normalized spacial score (nSPS) is 11.5. The van der Waals surface area contributed by atoms with E-state index in [0.29, 0.717) is 0 Å². The average Bonchev–Trinajstić information content (AvgIpc) is 2.47. The van der Waals surface area contributed by atoms with E-state index in [2.05, 4.69) is 0 Å². The van der Waals surface area contributed by atoms with Crippen molar-refractivity contribution in [2.45, 2.75) is 32.1 Å². The molecule has 0 N–H and O–H groups in total. The molecular weight excluding hydrogens is 324 g/mol. The van der Waals surface area contributed by atoms with E-state index >= 15 is 0 Å². The van der Waals surface area contributed by atoms with Crippen LogP contribution in [-0.2, 0) is 14.8 Å². The molecule has 0 saturated carbocycles. The number of ether oxygens (including phenoxy) is 1. The summed E-state index contributed by atoms with van der Waals surface area (Å²) in [6.45, 7) is 5.30. The Morgan fingerprint density at radius 1 is 1.30 bits per heavy atom. The molecule has 0 saturated heterocycles. The first-order valence-corrected chi connectivity index (χ1v) is 8.58. The molecule has 8 nitrogen and oxygen atoms in total. The molecule has 1 aromatic carbocycles. The van der Waals surface area contributed by atoms with E-state index in [0.717, 1.165) is 6.07 Å². The molecule has 0 aliphatic heterocycles. The van der Waals surface area contributed by atoms with Crippen molar-refractivity contribution < 1.29 is 22.9 Å². The highest BCUT2D eigenvalue weighted by Crippen LogP contribution is 2.31. The molecule has 0 aliphatic rings. The zero-order chi connectivity index (χ0) is 17.6. The average molecular weight is 344 g/mol. The Morgan fingerprint density at radius 2 is 1.91 bits per heavy atom. The molecule has 0 bridgehead atoms. The van der Waals surface area contributed by atoms with Gasteiger partial charge in [0, 0.05) is 25.6 Å². The lowest BCUT2D eigenvalue weighted by atomic mass is 10.3. The maximum Gasteiger partial charge on any atom is 0.312 e. The van der Waals surface area contributed by atoms with E-state index in [4.69, 9.17) is 4.74 Å². The first-order valence-electron chi connectivity index (χ1n) is 7.14. The van der Waals surface area contributed by atoms with Crippen LogP contribution in [-0.4, -0.2) is 43.1 Å². The smallest absolute Gasteiger partial charge is 0.312 e. The van der Waals surface area contributed by atoms with Crippen molar-refractivity contribution in [3.05, 3.63) is 28.3 Å². The molecule has 0 aliphatic carbocycles. The van der Waals surface area contributed by atoms with Crippen molar-refractivity contribution in [3.8, 4) is 5.75 Å². The predicted octanol–water partition coefficient (Wildman–Crippen LogP) is 1.98. The molecule has 0 radical (unpaired) electrons. The quantitative estimate of drug-likeness (QED) is 0.501. The molecular formula is C14H20N2O6S.